The quantitative estimate of drug-likeness (QED) is 0.859. The van der Waals surface area contributed by atoms with Gasteiger partial charge in [0.05, 0.1) is 0 Å². The van der Waals surface area contributed by atoms with Crippen molar-refractivity contribution < 1.29 is 0 Å². The molecule has 3 saturated heterocycles. The van der Waals surface area contributed by atoms with Gasteiger partial charge in [0.2, 0.25) is 0 Å². The number of hydrogen-bond acceptors (Lipinski definition) is 5. The van der Waals surface area contributed by atoms with Gasteiger partial charge in [0.25, 0.3) is 0 Å². The highest BCUT2D eigenvalue weighted by Crippen LogP contribution is 2.23. The molecular formula is C22H37N5. The van der Waals surface area contributed by atoms with E-state index in [4.69, 9.17) is 0 Å². The van der Waals surface area contributed by atoms with Crippen LogP contribution in [0.4, 0.5) is 5.82 Å². The minimum atomic E-state index is 0.864. The fourth-order valence-corrected chi connectivity index (χ4v) is 4.94. The maximum Gasteiger partial charge on any atom is 0.128 e. The minimum absolute atomic E-state index is 0.864. The van der Waals surface area contributed by atoms with Crippen LogP contribution in [0.2, 0.25) is 0 Å². The van der Waals surface area contributed by atoms with Crippen LogP contribution in [0.3, 0.4) is 0 Å². The maximum absolute atomic E-state index is 4.60. The molecule has 1 aromatic rings. The molecule has 4 rings (SSSR count). The van der Waals surface area contributed by atoms with Crippen molar-refractivity contribution in [2.24, 2.45) is 11.8 Å². The normalized spacial score (nSPS) is 24.4. The van der Waals surface area contributed by atoms with E-state index in [0.29, 0.717) is 0 Å². The van der Waals surface area contributed by atoms with E-state index in [1.807, 2.05) is 6.20 Å². The van der Waals surface area contributed by atoms with E-state index in [-0.39, 0.29) is 0 Å². The molecule has 0 aliphatic carbocycles. The Bertz CT molecular complexity index is 553. The van der Waals surface area contributed by atoms with Gasteiger partial charge < -0.3 is 20.0 Å². The average Bonchev–Trinajstić information content (AvgIpc) is 2.72. The Balaban J connectivity index is 1.15. The highest BCUT2D eigenvalue weighted by Gasteiger charge is 2.25. The third-order valence-corrected chi connectivity index (χ3v) is 6.79. The Labute approximate surface area is 165 Å². The van der Waals surface area contributed by atoms with Gasteiger partial charge >= 0.3 is 0 Å². The van der Waals surface area contributed by atoms with Gasteiger partial charge in [0, 0.05) is 58.6 Å². The molecule has 0 radical (unpaired) electrons. The van der Waals surface area contributed by atoms with Crippen LogP contribution in [0.25, 0.3) is 0 Å². The fraction of sp³-hybridized carbons (Fsp3) is 0.773. The number of hydrogen-bond donors (Lipinski definition) is 1. The lowest BCUT2D eigenvalue weighted by Gasteiger charge is -2.40. The second-order valence-electron chi connectivity index (χ2n) is 8.92. The Kier molecular flexibility index (Phi) is 6.64. The first kappa shape index (κ1) is 19.2. The minimum Gasteiger partial charge on any atom is -0.357 e. The van der Waals surface area contributed by atoms with Gasteiger partial charge in [-0.25, -0.2) is 4.98 Å². The summed E-state index contributed by atoms with van der Waals surface area (Å²) >= 11 is 0. The summed E-state index contributed by atoms with van der Waals surface area (Å²) in [5.41, 5.74) is 1.24. The van der Waals surface area contributed by atoms with Crippen LogP contribution in [0.15, 0.2) is 18.3 Å². The third kappa shape index (κ3) is 5.43. The first-order chi connectivity index (χ1) is 13.3. The van der Waals surface area contributed by atoms with Gasteiger partial charge in [0.15, 0.2) is 0 Å². The van der Waals surface area contributed by atoms with Gasteiger partial charge in [-0.1, -0.05) is 6.07 Å². The summed E-state index contributed by atoms with van der Waals surface area (Å²) < 4.78 is 0. The molecule has 3 aliphatic heterocycles. The van der Waals surface area contributed by atoms with Crippen molar-refractivity contribution >= 4 is 5.82 Å². The second-order valence-corrected chi connectivity index (χ2v) is 8.92. The summed E-state index contributed by atoms with van der Waals surface area (Å²) in [6.07, 6.45) is 7.35. The summed E-state index contributed by atoms with van der Waals surface area (Å²) in [4.78, 5) is 12.5. The van der Waals surface area contributed by atoms with Crippen molar-refractivity contribution in [3.63, 3.8) is 0 Å². The summed E-state index contributed by atoms with van der Waals surface area (Å²) in [5, 5.41) is 3.49. The van der Waals surface area contributed by atoms with E-state index in [9.17, 15) is 0 Å². The summed E-state index contributed by atoms with van der Waals surface area (Å²) in [6, 6.07) is 4.36. The number of aryl methyl sites for hydroxylation is 1. The van der Waals surface area contributed by atoms with Crippen LogP contribution in [-0.2, 0) is 0 Å². The SMILES string of the molecule is Cc1ccc(N2CCC(CN3CCN(CC4CCNCC4)CC3)CC2)nc1. The molecule has 0 bridgehead atoms. The van der Waals surface area contributed by atoms with E-state index in [1.54, 1.807) is 0 Å². The van der Waals surface area contributed by atoms with E-state index in [1.165, 1.54) is 83.6 Å². The van der Waals surface area contributed by atoms with Crippen molar-refractivity contribution in [3.05, 3.63) is 23.9 Å². The standard InChI is InChI=1S/C22H37N5/c1-19-2-3-22(24-16-19)27-10-6-21(7-11-27)18-26-14-12-25(13-15-26)17-20-4-8-23-9-5-20/h2-3,16,20-21,23H,4-15,17-18H2,1H3. The van der Waals surface area contributed by atoms with Crippen molar-refractivity contribution in [2.45, 2.75) is 32.6 Å². The number of aromatic nitrogens is 1. The molecule has 0 unspecified atom stereocenters. The van der Waals surface area contributed by atoms with Crippen LogP contribution >= 0.6 is 0 Å². The molecule has 1 N–H and O–H groups in total. The van der Waals surface area contributed by atoms with Gasteiger partial charge in [-0.3, -0.25) is 0 Å². The van der Waals surface area contributed by atoms with Crippen molar-refractivity contribution in [2.75, 3.05) is 70.3 Å². The lowest BCUT2D eigenvalue weighted by molar-refractivity contribution is 0.0961. The molecule has 0 amide bonds. The first-order valence-corrected chi connectivity index (χ1v) is 11.1. The van der Waals surface area contributed by atoms with Crippen LogP contribution in [-0.4, -0.2) is 80.2 Å². The molecule has 0 aromatic carbocycles. The third-order valence-electron chi connectivity index (χ3n) is 6.79. The predicted molar refractivity (Wildman–Crippen MR) is 112 cm³/mol. The molecule has 4 heterocycles. The monoisotopic (exact) mass is 371 g/mol. The number of piperidine rings is 2. The molecule has 1 aromatic heterocycles. The molecule has 27 heavy (non-hydrogen) atoms. The number of anilines is 1. The highest BCUT2D eigenvalue weighted by molar-refractivity contribution is 5.39. The molecule has 0 spiro atoms. The Morgan fingerprint density at radius 1 is 0.852 bits per heavy atom. The molecule has 5 heteroatoms. The molecule has 3 fully saturated rings. The van der Waals surface area contributed by atoms with Crippen molar-refractivity contribution in [3.8, 4) is 0 Å². The molecule has 150 valence electrons. The van der Waals surface area contributed by atoms with Crippen LogP contribution in [0.5, 0.6) is 0 Å². The van der Waals surface area contributed by atoms with E-state index >= 15 is 0 Å². The fourth-order valence-electron chi connectivity index (χ4n) is 4.94. The van der Waals surface area contributed by atoms with E-state index < -0.39 is 0 Å². The average molecular weight is 372 g/mol. The van der Waals surface area contributed by atoms with Gasteiger partial charge in [0.1, 0.15) is 5.82 Å². The molecular weight excluding hydrogens is 334 g/mol. The first-order valence-electron chi connectivity index (χ1n) is 11.1. The maximum atomic E-state index is 4.60. The summed E-state index contributed by atoms with van der Waals surface area (Å²) in [7, 11) is 0. The molecule has 0 atom stereocenters. The topological polar surface area (TPSA) is 34.6 Å². The lowest BCUT2D eigenvalue weighted by Crippen LogP contribution is -2.50. The molecule has 5 nitrogen and oxygen atoms in total. The number of piperazine rings is 1. The van der Waals surface area contributed by atoms with E-state index in [2.05, 4.69) is 44.1 Å². The van der Waals surface area contributed by atoms with Crippen LogP contribution in [0.1, 0.15) is 31.2 Å². The van der Waals surface area contributed by atoms with Gasteiger partial charge in [-0.15, -0.1) is 0 Å². The zero-order valence-corrected chi connectivity index (χ0v) is 17.1. The number of nitrogens with one attached hydrogen (secondary N) is 1. The Morgan fingerprint density at radius 2 is 1.44 bits per heavy atom. The Hall–Kier alpha value is -1.17. The second kappa shape index (κ2) is 9.35. The number of pyridine rings is 1. The molecule has 0 saturated carbocycles. The summed E-state index contributed by atoms with van der Waals surface area (Å²) in [5.74, 6) is 2.95. The summed E-state index contributed by atoms with van der Waals surface area (Å²) in [6.45, 7) is 14.6. The smallest absolute Gasteiger partial charge is 0.128 e. The van der Waals surface area contributed by atoms with Gasteiger partial charge in [-0.05, 0) is 69.2 Å². The number of rotatable bonds is 5. The zero-order valence-electron chi connectivity index (χ0n) is 17.1. The lowest BCUT2D eigenvalue weighted by atomic mass is 9.95. The van der Waals surface area contributed by atoms with Crippen molar-refractivity contribution in [1.82, 2.24) is 20.1 Å². The largest absolute Gasteiger partial charge is 0.357 e. The van der Waals surface area contributed by atoms with Gasteiger partial charge in [-0.2, -0.15) is 0 Å². The van der Waals surface area contributed by atoms with Crippen molar-refractivity contribution in [1.29, 1.82) is 0 Å². The Morgan fingerprint density at radius 3 is 2.00 bits per heavy atom. The van der Waals surface area contributed by atoms with Crippen LogP contribution < -0.4 is 10.2 Å². The highest BCUT2D eigenvalue weighted by atomic mass is 15.3. The zero-order chi connectivity index (χ0) is 18.5. The van der Waals surface area contributed by atoms with Crippen LogP contribution in [0, 0.1) is 18.8 Å². The predicted octanol–water partition coefficient (Wildman–Crippen LogP) is 2.22. The number of nitrogens with zero attached hydrogens (tertiary/aromatic N) is 4. The van der Waals surface area contributed by atoms with E-state index in [0.717, 1.165) is 30.7 Å². The molecule has 3 aliphatic rings.